The van der Waals surface area contributed by atoms with E-state index in [-0.39, 0.29) is 36.5 Å². The van der Waals surface area contributed by atoms with Crippen LogP contribution in [0.1, 0.15) is 72.1 Å². The van der Waals surface area contributed by atoms with Gasteiger partial charge in [0.15, 0.2) is 18.5 Å². The Morgan fingerprint density at radius 2 is 1.67 bits per heavy atom. The number of ether oxygens (including phenoxy) is 4. The predicted octanol–water partition coefficient (Wildman–Crippen LogP) is 1.76. The molecule has 2 bridgehead atoms. The van der Waals surface area contributed by atoms with Gasteiger partial charge in [0, 0.05) is 11.8 Å². The summed E-state index contributed by atoms with van der Waals surface area (Å²) >= 11 is 0. The zero-order chi connectivity index (χ0) is 36.3. The summed E-state index contributed by atoms with van der Waals surface area (Å²) in [6.07, 6.45) is -7.21. The molecule has 18 heteroatoms. The maximum Gasteiger partial charge on any atom is 0.397 e. The van der Waals surface area contributed by atoms with E-state index >= 15 is 0 Å². The topological polar surface area (TPSA) is 239 Å². The predicted molar refractivity (Wildman–Crippen MR) is 167 cm³/mol. The van der Waals surface area contributed by atoms with Crippen molar-refractivity contribution in [2.24, 2.45) is 40.4 Å². The summed E-state index contributed by atoms with van der Waals surface area (Å²) < 4.78 is 99.2. The Hall–Kier alpha value is -1.74. The number of fused-ring (bicyclic) bond motifs is 3. The van der Waals surface area contributed by atoms with Crippen LogP contribution in [0.3, 0.4) is 0 Å². The van der Waals surface area contributed by atoms with E-state index in [1.54, 1.807) is 13.8 Å². The van der Waals surface area contributed by atoms with Gasteiger partial charge in [-0.1, -0.05) is 27.4 Å². The Labute approximate surface area is 286 Å². The van der Waals surface area contributed by atoms with Gasteiger partial charge in [-0.05, 0) is 79.6 Å². The number of aliphatic hydroxyl groups is 2. The van der Waals surface area contributed by atoms with Crippen molar-refractivity contribution in [3.8, 4) is 0 Å². The second kappa shape index (κ2) is 14.0. The van der Waals surface area contributed by atoms with E-state index in [0.717, 1.165) is 31.3 Å². The van der Waals surface area contributed by atoms with E-state index in [4.69, 9.17) is 23.1 Å². The maximum absolute atomic E-state index is 13.3. The molecule has 1 aliphatic heterocycles. The minimum absolute atomic E-state index is 0.0249. The minimum Gasteiger partial charge on any atom is -0.469 e. The highest BCUT2D eigenvalue weighted by molar-refractivity contribution is 7.81. The second-order valence-electron chi connectivity index (χ2n) is 15.0. The van der Waals surface area contributed by atoms with Crippen molar-refractivity contribution in [1.29, 1.82) is 0 Å². The summed E-state index contributed by atoms with van der Waals surface area (Å²) in [6.45, 7) is 8.67. The first-order chi connectivity index (χ1) is 22.7. The molecule has 4 saturated carbocycles. The Morgan fingerprint density at radius 3 is 2.27 bits per heavy atom. The molecule has 5 fully saturated rings. The van der Waals surface area contributed by atoms with Gasteiger partial charge < -0.3 is 29.2 Å². The van der Waals surface area contributed by atoms with Crippen molar-refractivity contribution in [1.82, 2.24) is 0 Å². The molecule has 5 rings (SSSR count). The van der Waals surface area contributed by atoms with Gasteiger partial charge >= 0.3 is 32.7 Å². The highest BCUT2D eigenvalue weighted by Gasteiger charge is 2.67. The Balaban J connectivity index is 1.53. The first-order valence-corrected chi connectivity index (χ1v) is 19.3. The SMILES string of the molecule is C=C1[C@@H]2CC[C@H]3[C@]4(C)C[C@H](O[C@@H]5O[C@H](CO)[C@@H](OS(=O)(=O)O)[C@H](OS(=O)(=O)O)[C@H]5OC(=O)CC(C)C)C[C@@H](C(=O)OC)[C@H]4CC[C@]3(C2)[C@H]1O. The fourth-order valence-electron chi connectivity index (χ4n) is 9.96. The number of hydrogen-bond donors (Lipinski definition) is 4. The zero-order valence-corrected chi connectivity index (χ0v) is 29.6. The molecular weight excluding hydrogens is 692 g/mol. The molecule has 0 radical (unpaired) electrons. The van der Waals surface area contributed by atoms with Gasteiger partial charge in [-0.3, -0.25) is 18.7 Å². The van der Waals surface area contributed by atoms with E-state index in [0.29, 0.717) is 12.8 Å². The van der Waals surface area contributed by atoms with Gasteiger partial charge in [-0.2, -0.15) is 16.8 Å². The number of esters is 2. The molecule has 280 valence electrons. The molecule has 1 saturated heterocycles. The molecule has 0 amide bonds. The number of hydrogen-bond acceptors (Lipinski definition) is 14. The van der Waals surface area contributed by atoms with Crippen LogP contribution in [0.25, 0.3) is 0 Å². The average Bonchev–Trinajstić information content (AvgIpc) is 3.16. The molecule has 0 aromatic carbocycles. The molecule has 4 aliphatic carbocycles. The Morgan fingerprint density at radius 1 is 1.02 bits per heavy atom. The molecule has 49 heavy (non-hydrogen) atoms. The monoisotopic (exact) mass is 740 g/mol. The summed E-state index contributed by atoms with van der Waals surface area (Å²) in [5.41, 5.74) is -0.173. The van der Waals surface area contributed by atoms with E-state index in [1.165, 1.54) is 7.11 Å². The molecule has 16 nitrogen and oxygen atoms in total. The van der Waals surface area contributed by atoms with E-state index in [2.05, 4.69) is 17.7 Å². The lowest BCUT2D eigenvalue weighted by Gasteiger charge is -2.62. The third-order valence-corrected chi connectivity index (χ3v) is 12.6. The van der Waals surface area contributed by atoms with Crippen molar-refractivity contribution < 1.29 is 73.1 Å². The second-order valence-corrected chi connectivity index (χ2v) is 17.1. The minimum atomic E-state index is -5.40. The van der Waals surface area contributed by atoms with Crippen molar-refractivity contribution in [3.63, 3.8) is 0 Å². The van der Waals surface area contributed by atoms with Crippen LogP contribution in [0.15, 0.2) is 12.2 Å². The summed E-state index contributed by atoms with van der Waals surface area (Å²) in [5.74, 6) is -2.18. The highest BCUT2D eigenvalue weighted by atomic mass is 32.3. The number of carbonyl (C=O) groups excluding carboxylic acids is 2. The van der Waals surface area contributed by atoms with Crippen LogP contribution in [0.5, 0.6) is 0 Å². The zero-order valence-electron chi connectivity index (χ0n) is 28.0. The number of carbonyl (C=O) groups is 2. The van der Waals surface area contributed by atoms with Crippen LogP contribution in [-0.2, 0) is 57.7 Å². The molecule has 4 N–H and O–H groups in total. The lowest BCUT2D eigenvalue weighted by molar-refractivity contribution is -0.316. The molecular formula is C31H48O16S2. The third-order valence-electron chi connectivity index (χ3n) is 11.7. The molecule has 0 aromatic rings. The first kappa shape index (κ1) is 38.5. The average molecular weight is 741 g/mol. The van der Waals surface area contributed by atoms with Crippen LogP contribution < -0.4 is 0 Å². The highest BCUT2D eigenvalue weighted by Crippen LogP contribution is 2.70. The number of aliphatic hydroxyl groups excluding tert-OH is 2. The molecule has 5 aliphatic rings. The Bertz CT molecular complexity index is 1500. The summed E-state index contributed by atoms with van der Waals surface area (Å²) in [4.78, 5) is 26.3. The van der Waals surface area contributed by atoms with Crippen LogP contribution in [0.4, 0.5) is 0 Å². The first-order valence-electron chi connectivity index (χ1n) is 16.6. The Kier molecular flexibility index (Phi) is 11.0. The smallest absolute Gasteiger partial charge is 0.397 e. The third kappa shape index (κ3) is 7.59. The maximum atomic E-state index is 13.3. The van der Waals surface area contributed by atoms with Crippen molar-refractivity contribution in [2.45, 2.75) is 115 Å². The number of rotatable bonds is 11. The lowest BCUT2D eigenvalue weighted by atomic mass is 9.43. The quantitative estimate of drug-likeness (QED) is 0.102. The fraction of sp³-hybridized carbons (Fsp3) is 0.871. The van der Waals surface area contributed by atoms with Gasteiger partial charge in [0.1, 0.15) is 12.2 Å². The van der Waals surface area contributed by atoms with Crippen molar-refractivity contribution >= 4 is 32.7 Å². The largest absolute Gasteiger partial charge is 0.469 e. The van der Waals surface area contributed by atoms with Crippen LogP contribution in [0.2, 0.25) is 0 Å². The van der Waals surface area contributed by atoms with Gasteiger partial charge in [0.05, 0.1) is 31.8 Å². The molecule has 13 atom stereocenters. The molecule has 0 unspecified atom stereocenters. The van der Waals surface area contributed by atoms with Gasteiger partial charge in [0.2, 0.25) is 0 Å². The fourth-order valence-corrected chi connectivity index (χ4v) is 11.0. The van der Waals surface area contributed by atoms with Gasteiger partial charge in [-0.15, -0.1) is 0 Å². The summed E-state index contributed by atoms with van der Waals surface area (Å²) in [5, 5.41) is 21.7. The lowest BCUT2D eigenvalue weighted by Crippen LogP contribution is -2.64. The van der Waals surface area contributed by atoms with Crippen LogP contribution >= 0.6 is 0 Å². The van der Waals surface area contributed by atoms with E-state index < -0.39 is 99.0 Å². The molecule has 1 spiro atoms. The molecule has 1 heterocycles. The van der Waals surface area contributed by atoms with Crippen LogP contribution in [-0.4, -0.2) is 105 Å². The van der Waals surface area contributed by atoms with Crippen LogP contribution in [0, 0.1) is 40.4 Å². The summed E-state index contributed by atoms with van der Waals surface area (Å²) in [6, 6.07) is 0. The number of methoxy groups -OCH3 is 1. The standard InChI is InChI=1S/C31H48O16S2/c1-15(2)10-23(33)45-26-25(47-49(39,40)41)24(46-48(36,37)38)21(14-32)44-29(26)43-18-11-19(28(35)42-5)20-8-9-31-12-17(16(3)27(31)34)6-7-22(31)30(20,4)13-18/h15,17-22,24-27,29,32,34H,3,6-14H2,1-2,4-5H3,(H,36,37,38)(H,39,40,41)/t17-,18-,19-,20-,21-,22+,24-,25+,26-,27+,29-,30-,31-/m1/s1. The van der Waals surface area contributed by atoms with Crippen molar-refractivity contribution in [2.75, 3.05) is 13.7 Å². The summed E-state index contributed by atoms with van der Waals surface area (Å²) in [7, 11) is -9.46. The van der Waals surface area contributed by atoms with Gasteiger partial charge in [-0.25, -0.2) is 8.37 Å². The molecule has 0 aromatic heterocycles. The van der Waals surface area contributed by atoms with E-state index in [9.17, 15) is 45.7 Å². The van der Waals surface area contributed by atoms with Crippen molar-refractivity contribution in [3.05, 3.63) is 12.2 Å². The normalized spacial score (nSPS) is 42.3. The van der Waals surface area contributed by atoms with E-state index in [1.807, 2.05) is 0 Å². The van der Waals surface area contributed by atoms with Gasteiger partial charge in [0.25, 0.3) is 0 Å².